The van der Waals surface area contributed by atoms with E-state index in [4.69, 9.17) is 0 Å². The number of hydrogen-bond acceptors (Lipinski definition) is 1. The Morgan fingerprint density at radius 1 is 1.44 bits per heavy atom. The highest BCUT2D eigenvalue weighted by Gasteiger charge is 2.23. The van der Waals surface area contributed by atoms with Gasteiger partial charge in [-0.05, 0) is 56.9 Å². The normalized spacial score (nSPS) is 19.7. The zero-order chi connectivity index (χ0) is 13.1. The van der Waals surface area contributed by atoms with Crippen LogP contribution in [0.4, 0.5) is 10.5 Å². The van der Waals surface area contributed by atoms with E-state index in [1.807, 2.05) is 30.0 Å². The van der Waals surface area contributed by atoms with Crippen molar-refractivity contribution in [3.8, 4) is 0 Å². The zero-order valence-electron chi connectivity index (χ0n) is 10.9. The van der Waals surface area contributed by atoms with Gasteiger partial charge in [-0.2, -0.15) is 0 Å². The molecule has 1 aromatic carbocycles. The summed E-state index contributed by atoms with van der Waals surface area (Å²) in [6, 6.07) is 6.23. The maximum Gasteiger partial charge on any atom is 0.322 e. The summed E-state index contributed by atoms with van der Waals surface area (Å²) >= 11 is 3.46. The zero-order valence-corrected chi connectivity index (χ0v) is 12.5. The van der Waals surface area contributed by atoms with Crippen LogP contribution in [0.15, 0.2) is 22.7 Å². The monoisotopic (exact) mass is 310 g/mol. The molecule has 1 atom stereocenters. The molecular formula is C14H19BrN2O. The molecule has 2 amide bonds. The lowest BCUT2D eigenvalue weighted by Crippen LogP contribution is -2.44. The van der Waals surface area contributed by atoms with Gasteiger partial charge in [0.2, 0.25) is 0 Å². The van der Waals surface area contributed by atoms with Crippen LogP contribution in [0.2, 0.25) is 0 Å². The second-order valence-corrected chi connectivity index (χ2v) is 5.79. The highest BCUT2D eigenvalue weighted by Crippen LogP contribution is 2.22. The number of anilines is 1. The van der Waals surface area contributed by atoms with Crippen LogP contribution < -0.4 is 5.32 Å². The Morgan fingerprint density at radius 2 is 2.22 bits per heavy atom. The minimum absolute atomic E-state index is 0.0175. The molecule has 1 saturated heterocycles. The van der Waals surface area contributed by atoms with Gasteiger partial charge in [0.05, 0.1) is 0 Å². The van der Waals surface area contributed by atoms with Gasteiger partial charge in [-0.15, -0.1) is 0 Å². The number of piperidine rings is 1. The van der Waals surface area contributed by atoms with Crippen LogP contribution in [-0.4, -0.2) is 23.5 Å². The molecule has 1 N–H and O–H groups in total. The van der Waals surface area contributed by atoms with Crippen molar-refractivity contribution in [2.75, 3.05) is 11.9 Å². The number of nitrogens with zero attached hydrogens (tertiary/aromatic N) is 1. The molecule has 0 radical (unpaired) electrons. The number of halogens is 1. The lowest BCUT2D eigenvalue weighted by Gasteiger charge is -2.33. The lowest BCUT2D eigenvalue weighted by molar-refractivity contribution is 0.170. The Morgan fingerprint density at radius 3 is 2.89 bits per heavy atom. The second kappa shape index (κ2) is 5.74. The summed E-state index contributed by atoms with van der Waals surface area (Å²) in [5, 5.41) is 2.98. The van der Waals surface area contributed by atoms with Gasteiger partial charge in [-0.25, -0.2) is 4.79 Å². The molecular weight excluding hydrogens is 292 g/mol. The number of hydrogen-bond donors (Lipinski definition) is 1. The average molecular weight is 311 g/mol. The fraction of sp³-hybridized carbons (Fsp3) is 0.500. The van der Waals surface area contributed by atoms with Gasteiger partial charge in [-0.3, -0.25) is 0 Å². The maximum atomic E-state index is 12.2. The smallest absolute Gasteiger partial charge is 0.322 e. The van der Waals surface area contributed by atoms with E-state index in [0.29, 0.717) is 6.04 Å². The summed E-state index contributed by atoms with van der Waals surface area (Å²) in [6.45, 7) is 5.00. The molecule has 3 nitrogen and oxygen atoms in total. The SMILES string of the molecule is Cc1cc(NC(=O)N2CCCCC2C)ccc1Br. The molecule has 0 aliphatic carbocycles. The predicted octanol–water partition coefficient (Wildman–Crippen LogP) is 4.16. The fourth-order valence-electron chi connectivity index (χ4n) is 2.32. The number of carbonyl (C=O) groups excluding carboxylic acids is 1. The first-order valence-electron chi connectivity index (χ1n) is 6.41. The molecule has 1 heterocycles. The number of urea groups is 1. The van der Waals surface area contributed by atoms with Gasteiger partial charge in [0.15, 0.2) is 0 Å². The van der Waals surface area contributed by atoms with Crippen LogP contribution in [0, 0.1) is 6.92 Å². The van der Waals surface area contributed by atoms with Gasteiger partial charge >= 0.3 is 6.03 Å². The number of aryl methyl sites for hydroxylation is 1. The summed E-state index contributed by atoms with van der Waals surface area (Å²) < 4.78 is 1.06. The summed E-state index contributed by atoms with van der Waals surface area (Å²) in [5.41, 5.74) is 1.98. The Labute approximate surface area is 117 Å². The van der Waals surface area contributed by atoms with Crippen molar-refractivity contribution in [1.82, 2.24) is 4.90 Å². The summed E-state index contributed by atoms with van der Waals surface area (Å²) in [5.74, 6) is 0. The molecule has 0 saturated carbocycles. The topological polar surface area (TPSA) is 32.3 Å². The first-order valence-corrected chi connectivity index (χ1v) is 7.21. The van der Waals surface area contributed by atoms with E-state index in [1.54, 1.807) is 0 Å². The Balaban J connectivity index is 2.04. The van der Waals surface area contributed by atoms with Crippen molar-refractivity contribution in [1.29, 1.82) is 0 Å². The fourth-order valence-corrected chi connectivity index (χ4v) is 2.56. The Kier molecular flexibility index (Phi) is 4.27. The Hall–Kier alpha value is -1.03. The van der Waals surface area contributed by atoms with Crippen molar-refractivity contribution in [2.24, 2.45) is 0 Å². The van der Waals surface area contributed by atoms with E-state index < -0.39 is 0 Å². The molecule has 0 bridgehead atoms. The van der Waals surface area contributed by atoms with Crippen LogP contribution in [0.3, 0.4) is 0 Å². The van der Waals surface area contributed by atoms with Crippen molar-refractivity contribution in [2.45, 2.75) is 39.2 Å². The molecule has 0 spiro atoms. The van der Waals surface area contributed by atoms with Crippen LogP contribution >= 0.6 is 15.9 Å². The molecule has 1 fully saturated rings. The van der Waals surface area contributed by atoms with Crippen molar-refractivity contribution >= 4 is 27.6 Å². The van der Waals surface area contributed by atoms with E-state index in [0.717, 1.165) is 35.1 Å². The van der Waals surface area contributed by atoms with Gasteiger partial charge < -0.3 is 10.2 Å². The minimum Gasteiger partial charge on any atom is -0.322 e. The van der Waals surface area contributed by atoms with E-state index >= 15 is 0 Å². The minimum atomic E-state index is 0.0175. The summed E-state index contributed by atoms with van der Waals surface area (Å²) in [4.78, 5) is 14.1. The third-order valence-electron chi connectivity index (χ3n) is 3.47. The standard InChI is InChI=1S/C14H19BrN2O/c1-10-9-12(6-7-13(10)15)16-14(18)17-8-4-3-5-11(17)2/h6-7,9,11H,3-5,8H2,1-2H3,(H,16,18). The first-order chi connectivity index (χ1) is 8.58. The van der Waals surface area contributed by atoms with Crippen LogP contribution in [0.1, 0.15) is 31.7 Å². The highest BCUT2D eigenvalue weighted by atomic mass is 79.9. The van der Waals surface area contributed by atoms with Crippen LogP contribution in [0.25, 0.3) is 0 Å². The van der Waals surface area contributed by atoms with Gasteiger partial charge in [0.1, 0.15) is 0 Å². The lowest BCUT2D eigenvalue weighted by atomic mass is 10.0. The maximum absolute atomic E-state index is 12.2. The number of amides is 2. The Bertz CT molecular complexity index is 447. The molecule has 18 heavy (non-hydrogen) atoms. The summed E-state index contributed by atoms with van der Waals surface area (Å²) in [7, 11) is 0. The van der Waals surface area contributed by atoms with Crippen molar-refractivity contribution in [3.63, 3.8) is 0 Å². The summed E-state index contributed by atoms with van der Waals surface area (Å²) in [6.07, 6.45) is 3.44. The predicted molar refractivity (Wildman–Crippen MR) is 77.9 cm³/mol. The highest BCUT2D eigenvalue weighted by molar-refractivity contribution is 9.10. The molecule has 2 rings (SSSR count). The first kappa shape index (κ1) is 13.4. The molecule has 1 unspecified atom stereocenters. The number of nitrogens with one attached hydrogen (secondary N) is 1. The largest absolute Gasteiger partial charge is 0.322 e. The van der Waals surface area contributed by atoms with Crippen LogP contribution in [-0.2, 0) is 0 Å². The van der Waals surface area contributed by atoms with Crippen molar-refractivity contribution in [3.05, 3.63) is 28.2 Å². The van der Waals surface area contributed by atoms with E-state index in [2.05, 4.69) is 28.2 Å². The molecule has 1 aliphatic heterocycles. The molecule has 0 aromatic heterocycles. The van der Waals surface area contributed by atoms with Crippen molar-refractivity contribution < 1.29 is 4.79 Å². The molecule has 4 heteroatoms. The third-order valence-corrected chi connectivity index (χ3v) is 4.36. The number of rotatable bonds is 1. The molecule has 1 aliphatic rings. The van der Waals surface area contributed by atoms with Gasteiger partial charge in [-0.1, -0.05) is 15.9 Å². The third kappa shape index (κ3) is 3.05. The quantitative estimate of drug-likeness (QED) is 0.829. The van der Waals surface area contributed by atoms with Crippen LogP contribution in [0.5, 0.6) is 0 Å². The number of likely N-dealkylation sites (tertiary alicyclic amines) is 1. The van der Waals surface area contributed by atoms with E-state index in [9.17, 15) is 4.79 Å². The van der Waals surface area contributed by atoms with Gasteiger partial charge in [0.25, 0.3) is 0 Å². The van der Waals surface area contributed by atoms with E-state index in [-0.39, 0.29) is 6.03 Å². The average Bonchev–Trinajstić information content (AvgIpc) is 2.34. The molecule has 1 aromatic rings. The van der Waals surface area contributed by atoms with Gasteiger partial charge in [0, 0.05) is 22.7 Å². The number of benzene rings is 1. The second-order valence-electron chi connectivity index (χ2n) is 4.93. The number of carbonyl (C=O) groups is 1. The van der Waals surface area contributed by atoms with E-state index in [1.165, 1.54) is 6.42 Å². The molecule has 98 valence electrons.